The Kier molecular flexibility index (Phi) is 11.4. The maximum absolute atomic E-state index is 14.6. The van der Waals surface area contributed by atoms with Crippen LogP contribution < -0.4 is 10.6 Å². The highest BCUT2D eigenvalue weighted by Gasteiger charge is 2.51. The number of carbonyl (C=O) groups is 4. The van der Waals surface area contributed by atoms with E-state index in [1.165, 1.54) is 44.2 Å². The fourth-order valence-corrected chi connectivity index (χ4v) is 3.80. The van der Waals surface area contributed by atoms with Gasteiger partial charge in [-0.25, -0.2) is 0 Å². The summed E-state index contributed by atoms with van der Waals surface area (Å²) in [7, 11) is 0. The fraction of sp³-hybridized carbons (Fsp3) is 0.333. The molecule has 13 heteroatoms. The molecular weight excluding hydrogens is 582 g/mol. The van der Waals surface area contributed by atoms with Crippen LogP contribution in [0.5, 0.6) is 0 Å². The minimum absolute atomic E-state index is 0.229. The number of Topliss-reactive ketones (excluding diaryl/α,β-unsaturated/α-hetero) is 2. The van der Waals surface area contributed by atoms with Gasteiger partial charge in [0.05, 0.1) is 0 Å². The number of benzene rings is 2. The van der Waals surface area contributed by atoms with Crippen LogP contribution in [0.2, 0.25) is 10.0 Å². The molecule has 0 aliphatic carbocycles. The van der Waals surface area contributed by atoms with E-state index in [2.05, 4.69) is 5.32 Å². The summed E-state index contributed by atoms with van der Waals surface area (Å²) in [5, 5.41) is 4.25. The quantitative estimate of drug-likeness (QED) is 0.177. The van der Waals surface area contributed by atoms with Crippen LogP contribution in [-0.4, -0.2) is 42.0 Å². The Morgan fingerprint density at radius 2 is 1.40 bits per heavy atom. The van der Waals surface area contributed by atoms with Crippen LogP contribution in [0.3, 0.4) is 0 Å². The first kappa shape index (κ1) is 32.9. The van der Waals surface area contributed by atoms with Crippen LogP contribution in [0.1, 0.15) is 37.4 Å². The molecule has 0 spiro atoms. The molecule has 216 valence electrons. The molecule has 0 aliphatic heterocycles. The van der Waals surface area contributed by atoms with Crippen LogP contribution >= 0.6 is 23.2 Å². The van der Waals surface area contributed by atoms with E-state index < -0.39 is 66.3 Å². The number of amides is 2. The maximum atomic E-state index is 14.6. The summed E-state index contributed by atoms with van der Waals surface area (Å²) in [6, 6.07) is 10.8. The van der Waals surface area contributed by atoms with Gasteiger partial charge in [0.2, 0.25) is 11.7 Å². The van der Waals surface area contributed by atoms with Crippen molar-refractivity contribution in [1.29, 1.82) is 0 Å². The monoisotopic (exact) mass is 606 g/mol. The fourth-order valence-electron chi connectivity index (χ4n) is 3.54. The summed E-state index contributed by atoms with van der Waals surface area (Å²) < 4.78 is 66.2. The van der Waals surface area contributed by atoms with Crippen molar-refractivity contribution >= 4 is 52.7 Å². The first-order valence-electron chi connectivity index (χ1n) is 11.8. The second-order valence-corrected chi connectivity index (χ2v) is 10.0. The number of nitrogens with one attached hydrogen (secondary N) is 2. The van der Waals surface area contributed by atoms with Gasteiger partial charge in [0.25, 0.3) is 5.91 Å². The van der Waals surface area contributed by atoms with Gasteiger partial charge in [0, 0.05) is 28.5 Å². The van der Waals surface area contributed by atoms with Crippen molar-refractivity contribution in [3.63, 3.8) is 0 Å². The summed E-state index contributed by atoms with van der Waals surface area (Å²) in [6.45, 7) is 0.614. The van der Waals surface area contributed by atoms with Crippen molar-refractivity contribution in [2.75, 3.05) is 6.54 Å². The molecule has 2 aromatic rings. The Morgan fingerprint density at radius 1 is 0.875 bits per heavy atom. The number of halogens is 7. The standard InChI is InChI=1S/C27H25Cl2F5N2O4/c1-15(2)20(24(39)27(33,34)25(40)35-14-26(30,31)32)13-21(37)23(17-6-10-19(29)11-7-17)36-22(38)12-5-16-3-8-18(28)9-4-16/h3-12,15,20,23H,13-14H2,1-2H3,(H,35,40)(H,36,38)/b12-5+/t20-,23-/m0/s1. The normalized spacial score (nSPS) is 13.7. The number of hydrogen-bond acceptors (Lipinski definition) is 4. The van der Waals surface area contributed by atoms with E-state index in [-0.39, 0.29) is 5.56 Å². The van der Waals surface area contributed by atoms with E-state index in [1.807, 2.05) is 0 Å². The third-order valence-electron chi connectivity index (χ3n) is 5.72. The first-order valence-corrected chi connectivity index (χ1v) is 12.6. The molecule has 0 bridgehead atoms. The lowest BCUT2D eigenvalue weighted by Gasteiger charge is -2.26. The third kappa shape index (κ3) is 9.71. The van der Waals surface area contributed by atoms with Crippen molar-refractivity contribution in [3.05, 3.63) is 75.8 Å². The first-order chi connectivity index (χ1) is 18.5. The Morgan fingerprint density at radius 3 is 1.90 bits per heavy atom. The van der Waals surface area contributed by atoms with Crippen molar-refractivity contribution < 1.29 is 41.1 Å². The van der Waals surface area contributed by atoms with E-state index in [0.717, 1.165) is 11.4 Å². The molecule has 2 amide bonds. The van der Waals surface area contributed by atoms with Crippen molar-refractivity contribution in [3.8, 4) is 0 Å². The van der Waals surface area contributed by atoms with Gasteiger partial charge in [-0.15, -0.1) is 0 Å². The van der Waals surface area contributed by atoms with Gasteiger partial charge in [0.15, 0.2) is 5.78 Å². The molecule has 2 aromatic carbocycles. The van der Waals surface area contributed by atoms with E-state index in [1.54, 1.807) is 24.3 Å². The van der Waals surface area contributed by atoms with Gasteiger partial charge in [-0.3, -0.25) is 19.2 Å². The highest BCUT2D eigenvalue weighted by molar-refractivity contribution is 6.30. The molecule has 2 rings (SSSR count). The molecule has 0 aliphatic rings. The Labute approximate surface area is 236 Å². The van der Waals surface area contributed by atoms with Crippen molar-refractivity contribution in [2.45, 2.75) is 38.4 Å². The number of carbonyl (C=O) groups excluding carboxylic acids is 4. The summed E-state index contributed by atoms with van der Waals surface area (Å²) in [5.74, 6) is -13.5. The number of rotatable bonds is 12. The summed E-state index contributed by atoms with van der Waals surface area (Å²) in [5.41, 5.74) is 0.845. The van der Waals surface area contributed by atoms with Gasteiger partial charge >= 0.3 is 12.1 Å². The predicted molar refractivity (Wildman–Crippen MR) is 140 cm³/mol. The molecule has 0 saturated heterocycles. The van der Waals surface area contributed by atoms with Crippen molar-refractivity contribution in [2.24, 2.45) is 11.8 Å². The maximum Gasteiger partial charge on any atom is 0.405 e. The van der Waals surface area contributed by atoms with E-state index in [0.29, 0.717) is 15.6 Å². The minimum atomic E-state index is -4.98. The Balaban J connectivity index is 2.28. The Bertz CT molecular complexity index is 1250. The zero-order chi connectivity index (χ0) is 30.3. The predicted octanol–water partition coefficient (Wildman–Crippen LogP) is 5.98. The van der Waals surface area contributed by atoms with Crippen LogP contribution in [-0.2, 0) is 19.2 Å². The van der Waals surface area contributed by atoms with Gasteiger partial charge in [-0.05, 0) is 47.4 Å². The van der Waals surface area contributed by atoms with Gasteiger partial charge < -0.3 is 10.6 Å². The average Bonchev–Trinajstić information content (AvgIpc) is 2.88. The minimum Gasteiger partial charge on any atom is -0.341 e. The van der Waals surface area contributed by atoms with Crippen LogP contribution in [0.15, 0.2) is 54.6 Å². The zero-order valence-electron chi connectivity index (χ0n) is 21.2. The van der Waals surface area contributed by atoms with Gasteiger partial charge in [0.1, 0.15) is 12.6 Å². The number of alkyl halides is 5. The van der Waals surface area contributed by atoms with Crippen LogP contribution in [0.4, 0.5) is 22.0 Å². The summed E-state index contributed by atoms with van der Waals surface area (Å²) in [6.07, 6.45) is -3.25. The molecule has 2 atom stereocenters. The summed E-state index contributed by atoms with van der Waals surface area (Å²) >= 11 is 11.7. The van der Waals surface area contributed by atoms with Crippen molar-refractivity contribution in [1.82, 2.24) is 10.6 Å². The molecule has 0 aromatic heterocycles. The van der Waals surface area contributed by atoms with E-state index in [9.17, 15) is 41.1 Å². The molecule has 0 saturated carbocycles. The lowest BCUT2D eigenvalue weighted by Crippen LogP contribution is -2.51. The summed E-state index contributed by atoms with van der Waals surface area (Å²) in [4.78, 5) is 50.4. The molecule has 0 fully saturated rings. The second kappa shape index (κ2) is 13.8. The smallest absolute Gasteiger partial charge is 0.341 e. The largest absolute Gasteiger partial charge is 0.405 e. The molecule has 0 heterocycles. The van der Waals surface area contributed by atoms with Gasteiger partial charge in [-0.2, -0.15) is 22.0 Å². The molecule has 0 unspecified atom stereocenters. The molecule has 0 radical (unpaired) electrons. The SMILES string of the molecule is CC(C)[C@H](CC(=O)[C@@H](NC(=O)/C=C/c1ccc(Cl)cc1)c1ccc(Cl)cc1)C(=O)C(F)(F)C(=O)NCC(F)(F)F. The lowest BCUT2D eigenvalue weighted by molar-refractivity contribution is -0.167. The lowest BCUT2D eigenvalue weighted by atomic mass is 9.82. The highest BCUT2D eigenvalue weighted by Crippen LogP contribution is 2.30. The zero-order valence-corrected chi connectivity index (χ0v) is 22.7. The molecular formula is C27H25Cl2F5N2O4. The van der Waals surface area contributed by atoms with Gasteiger partial charge in [-0.1, -0.05) is 61.3 Å². The second-order valence-electron chi connectivity index (χ2n) is 9.14. The molecule has 2 N–H and O–H groups in total. The van der Waals surface area contributed by atoms with Crippen LogP contribution in [0.25, 0.3) is 6.08 Å². The number of hydrogen-bond donors (Lipinski definition) is 2. The molecule has 40 heavy (non-hydrogen) atoms. The third-order valence-corrected chi connectivity index (χ3v) is 6.22. The molecule has 6 nitrogen and oxygen atoms in total. The topological polar surface area (TPSA) is 92.3 Å². The van der Waals surface area contributed by atoms with E-state index in [4.69, 9.17) is 23.2 Å². The van der Waals surface area contributed by atoms with E-state index >= 15 is 0 Å². The van der Waals surface area contributed by atoms with Crippen LogP contribution in [0, 0.1) is 11.8 Å². The Hall–Kier alpha value is -3.31. The average molecular weight is 607 g/mol. The highest BCUT2D eigenvalue weighted by atomic mass is 35.5. The number of ketones is 2.